The van der Waals surface area contributed by atoms with Gasteiger partial charge in [-0.3, -0.25) is 4.55 Å². The highest BCUT2D eigenvalue weighted by atomic mass is 32.2. The third-order valence-electron chi connectivity index (χ3n) is 3.83. The first-order chi connectivity index (χ1) is 8.77. The minimum atomic E-state index is -4.19. The van der Waals surface area contributed by atoms with Crippen LogP contribution in [0, 0.1) is 20.8 Å². The van der Waals surface area contributed by atoms with E-state index in [9.17, 15) is 13.0 Å². The molecule has 0 saturated heterocycles. The molecule has 0 unspecified atom stereocenters. The lowest BCUT2D eigenvalue weighted by Gasteiger charge is -2.14. The first-order valence-electron chi connectivity index (χ1n) is 6.27. The van der Waals surface area contributed by atoms with Crippen LogP contribution in [0.3, 0.4) is 0 Å². The summed E-state index contributed by atoms with van der Waals surface area (Å²) in [4.78, 5) is 0.0119. The summed E-state index contributed by atoms with van der Waals surface area (Å²) in [7, 11) is -4.19. The van der Waals surface area contributed by atoms with E-state index in [1.54, 1.807) is 13.0 Å². The molecule has 0 saturated carbocycles. The molecule has 0 aliphatic heterocycles. The Morgan fingerprint density at radius 3 is 2.21 bits per heavy atom. The van der Waals surface area contributed by atoms with E-state index in [1.165, 1.54) is 0 Å². The summed E-state index contributed by atoms with van der Waals surface area (Å²) in [6, 6.07) is 5.67. The van der Waals surface area contributed by atoms with Gasteiger partial charge in [-0.15, -0.1) is 0 Å². The van der Waals surface area contributed by atoms with E-state index in [2.05, 4.69) is 6.07 Å². The molecule has 102 valence electrons. The van der Waals surface area contributed by atoms with Gasteiger partial charge in [-0.25, -0.2) is 0 Å². The van der Waals surface area contributed by atoms with Gasteiger partial charge in [-0.2, -0.15) is 8.42 Å². The predicted octanol–water partition coefficient (Wildman–Crippen LogP) is 3.57. The number of benzene rings is 2. The number of hydrogen-bond acceptors (Lipinski definition) is 2. The Morgan fingerprint density at radius 2 is 1.68 bits per heavy atom. The fraction of sp³-hybridized carbons (Fsp3) is 0.333. The second kappa shape index (κ2) is 4.62. The molecule has 19 heavy (non-hydrogen) atoms. The van der Waals surface area contributed by atoms with E-state index >= 15 is 0 Å². The molecule has 2 rings (SSSR count). The fourth-order valence-corrected chi connectivity index (χ4v) is 3.44. The summed E-state index contributed by atoms with van der Waals surface area (Å²) in [5.74, 6) is 0. The van der Waals surface area contributed by atoms with Crippen molar-refractivity contribution in [1.82, 2.24) is 0 Å². The van der Waals surface area contributed by atoms with Gasteiger partial charge in [0.1, 0.15) is 0 Å². The third-order valence-corrected chi connectivity index (χ3v) is 4.81. The minimum absolute atomic E-state index is 0.0119. The highest BCUT2D eigenvalue weighted by Crippen LogP contribution is 2.31. The van der Waals surface area contributed by atoms with Crippen molar-refractivity contribution in [1.29, 1.82) is 0 Å². The molecule has 0 aromatic heterocycles. The molecule has 2 aromatic carbocycles. The lowest BCUT2D eigenvalue weighted by molar-refractivity contribution is 0.482. The first-order valence-corrected chi connectivity index (χ1v) is 7.71. The van der Waals surface area contributed by atoms with Crippen LogP contribution < -0.4 is 0 Å². The van der Waals surface area contributed by atoms with Gasteiger partial charge >= 0.3 is 0 Å². The Hall–Kier alpha value is -1.39. The molecule has 0 aliphatic carbocycles. The normalized spacial score (nSPS) is 12.1. The van der Waals surface area contributed by atoms with E-state index in [1.807, 2.05) is 26.8 Å². The number of fused-ring (bicyclic) bond motifs is 1. The smallest absolute Gasteiger partial charge is 0.282 e. The van der Waals surface area contributed by atoms with Crippen molar-refractivity contribution >= 4 is 20.9 Å². The van der Waals surface area contributed by atoms with Gasteiger partial charge in [0.05, 0.1) is 4.90 Å². The van der Waals surface area contributed by atoms with Gasteiger partial charge < -0.3 is 0 Å². The van der Waals surface area contributed by atoms with Crippen LogP contribution in [0.5, 0.6) is 0 Å². The summed E-state index contributed by atoms with van der Waals surface area (Å²) in [5.41, 5.74) is 3.78. The van der Waals surface area contributed by atoms with Gasteiger partial charge in [-0.05, 0) is 66.3 Å². The molecular formula is C15H18O3S. The van der Waals surface area contributed by atoms with E-state index in [0.717, 1.165) is 33.9 Å². The fourth-order valence-electron chi connectivity index (χ4n) is 2.63. The van der Waals surface area contributed by atoms with Crippen LogP contribution in [-0.2, 0) is 16.5 Å². The minimum Gasteiger partial charge on any atom is -0.282 e. The molecule has 0 amide bonds. The monoisotopic (exact) mass is 278 g/mol. The zero-order valence-corrected chi connectivity index (χ0v) is 12.4. The van der Waals surface area contributed by atoms with Crippen molar-refractivity contribution in [2.45, 2.75) is 39.0 Å². The van der Waals surface area contributed by atoms with Crippen molar-refractivity contribution in [3.63, 3.8) is 0 Å². The topological polar surface area (TPSA) is 54.4 Å². The molecule has 0 radical (unpaired) electrons. The highest BCUT2D eigenvalue weighted by Gasteiger charge is 2.18. The van der Waals surface area contributed by atoms with Gasteiger partial charge in [0, 0.05) is 0 Å². The standard InChI is InChI=1S/C15H18O3S/c1-5-12-9(2)6-7-13-10(3)11(4)15(8-14(12)13)19(16,17)18/h6-8H,5H2,1-4H3,(H,16,17,18). The van der Waals surface area contributed by atoms with Crippen molar-refractivity contribution in [2.24, 2.45) is 0 Å². The molecule has 0 bridgehead atoms. The molecule has 0 aliphatic rings. The molecule has 0 atom stereocenters. The average Bonchev–Trinajstić information content (AvgIpc) is 2.32. The summed E-state index contributed by atoms with van der Waals surface area (Å²) < 4.78 is 32.3. The molecule has 0 heterocycles. The Morgan fingerprint density at radius 1 is 1.05 bits per heavy atom. The van der Waals surface area contributed by atoms with Crippen molar-refractivity contribution in [2.75, 3.05) is 0 Å². The van der Waals surface area contributed by atoms with E-state index in [-0.39, 0.29) is 4.90 Å². The number of rotatable bonds is 2. The van der Waals surface area contributed by atoms with Crippen LogP contribution >= 0.6 is 0 Å². The van der Waals surface area contributed by atoms with E-state index in [4.69, 9.17) is 0 Å². The van der Waals surface area contributed by atoms with Crippen LogP contribution in [0.2, 0.25) is 0 Å². The molecule has 3 nitrogen and oxygen atoms in total. The zero-order valence-electron chi connectivity index (χ0n) is 11.6. The van der Waals surface area contributed by atoms with Crippen molar-refractivity contribution < 1.29 is 13.0 Å². The largest absolute Gasteiger partial charge is 0.294 e. The summed E-state index contributed by atoms with van der Waals surface area (Å²) in [5, 5.41) is 1.96. The maximum Gasteiger partial charge on any atom is 0.294 e. The Kier molecular flexibility index (Phi) is 3.41. The SMILES string of the molecule is CCc1c(C)ccc2c(C)c(C)c(S(=O)(=O)O)cc12. The average molecular weight is 278 g/mol. The van der Waals surface area contributed by atoms with Crippen LogP contribution in [0.4, 0.5) is 0 Å². The maximum atomic E-state index is 11.5. The first kappa shape index (κ1) is 14.0. The summed E-state index contributed by atoms with van der Waals surface area (Å²) >= 11 is 0. The number of aryl methyl sites for hydroxylation is 3. The van der Waals surface area contributed by atoms with Gasteiger partial charge in [0.2, 0.25) is 0 Å². The lowest BCUT2D eigenvalue weighted by Crippen LogP contribution is -2.04. The van der Waals surface area contributed by atoms with Crippen LogP contribution in [-0.4, -0.2) is 13.0 Å². The van der Waals surface area contributed by atoms with Crippen LogP contribution in [0.25, 0.3) is 10.8 Å². The molecule has 4 heteroatoms. The third kappa shape index (κ3) is 2.26. The molecule has 1 N–H and O–H groups in total. The second-order valence-corrected chi connectivity index (χ2v) is 6.30. The molecule has 0 spiro atoms. The molecule has 2 aromatic rings. The molecule has 0 fully saturated rings. The Labute approximate surface area is 114 Å². The van der Waals surface area contributed by atoms with Gasteiger partial charge in [0.25, 0.3) is 10.1 Å². The lowest BCUT2D eigenvalue weighted by atomic mass is 9.93. The summed E-state index contributed by atoms with van der Waals surface area (Å²) in [6.07, 6.45) is 0.830. The Bertz CT molecular complexity index is 759. The van der Waals surface area contributed by atoms with E-state index in [0.29, 0.717) is 5.56 Å². The van der Waals surface area contributed by atoms with Gasteiger partial charge in [0.15, 0.2) is 0 Å². The Balaban J connectivity index is 3.02. The van der Waals surface area contributed by atoms with Crippen molar-refractivity contribution in [3.8, 4) is 0 Å². The van der Waals surface area contributed by atoms with Crippen LogP contribution in [0.15, 0.2) is 23.1 Å². The second-order valence-electron chi connectivity index (χ2n) is 4.91. The predicted molar refractivity (Wildman–Crippen MR) is 77.4 cm³/mol. The number of hydrogen-bond donors (Lipinski definition) is 1. The highest BCUT2D eigenvalue weighted by molar-refractivity contribution is 7.85. The van der Waals surface area contributed by atoms with Crippen molar-refractivity contribution in [3.05, 3.63) is 40.5 Å². The van der Waals surface area contributed by atoms with Gasteiger partial charge in [-0.1, -0.05) is 19.1 Å². The summed E-state index contributed by atoms with van der Waals surface area (Å²) in [6.45, 7) is 7.68. The zero-order chi connectivity index (χ0) is 14.4. The quantitative estimate of drug-likeness (QED) is 0.854. The molecular weight excluding hydrogens is 260 g/mol. The van der Waals surface area contributed by atoms with Crippen LogP contribution in [0.1, 0.15) is 29.2 Å². The van der Waals surface area contributed by atoms with E-state index < -0.39 is 10.1 Å². The maximum absolute atomic E-state index is 11.5.